The van der Waals surface area contributed by atoms with Crippen LogP contribution in [0, 0.1) is 0 Å². The van der Waals surface area contributed by atoms with Crippen molar-refractivity contribution in [3.8, 4) is 5.69 Å². The van der Waals surface area contributed by atoms with Crippen LogP contribution in [-0.4, -0.2) is 64.4 Å². The van der Waals surface area contributed by atoms with Crippen LogP contribution in [0.1, 0.15) is 25.8 Å². The molecule has 0 saturated carbocycles. The van der Waals surface area contributed by atoms with Crippen LogP contribution >= 0.6 is 0 Å². The molecule has 0 unspecified atom stereocenters. The topological polar surface area (TPSA) is 50.6 Å². The molecule has 1 aliphatic rings. The number of ether oxygens (including phenoxy) is 1. The Balaban J connectivity index is 1.52. The van der Waals surface area contributed by atoms with E-state index in [2.05, 4.69) is 29.9 Å². The first-order valence-corrected chi connectivity index (χ1v) is 9.22. The third-order valence-corrected chi connectivity index (χ3v) is 4.66. The molecule has 3 rings (SSSR count). The van der Waals surface area contributed by atoms with E-state index in [4.69, 9.17) is 4.74 Å². The van der Waals surface area contributed by atoms with Crippen LogP contribution in [0.25, 0.3) is 5.69 Å². The maximum absolute atomic E-state index is 12.5. The van der Waals surface area contributed by atoms with Crippen LogP contribution in [0.15, 0.2) is 42.7 Å². The van der Waals surface area contributed by atoms with E-state index in [1.807, 2.05) is 42.2 Å². The summed E-state index contributed by atoms with van der Waals surface area (Å²) in [7, 11) is 1.87. The zero-order valence-electron chi connectivity index (χ0n) is 15.8. The van der Waals surface area contributed by atoms with E-state index in [0.29, 0.717) is 13.0 Å². The van der Waals surface area contributed by atoms with Gasteiger partial charge in [0.25, 0.3) is 0 Å². The van der Waals surface area contributed by atoms with Crippen molar-refractivity contribution >= 4 is 5.91 Å². The smallest absolute Gasteiger partial charge is 0.223 e. The highest BCUT2D eigenvalue weighted by Gasteiger charge is 2.22. The first kappa shape index (κ1) is 18.6. The molecule has 1 aromatic heterocycles. The van der Waals surface area contributed by atoms with Crippen LogP contribution in [0.2, 0.25) is 0 Å². The van der Waals surface area contributed by atoms with Crippen molar-refractivity contribution < 1.29 is 9.53 Å². The first-order chi connectivity index (χ1) is 12.5. The van der Waals surface area contributed by atoms with Gasteiger partial charge in [0.2, 0.25) is 5.91 Å². The van der Waals surface area contributed by atoms with Crippen LogP contribution < -0.4 is 0 Å². The molecule has 0 N–H and O–H groups in total. The predicted molar refractivity (Wildman–Crippen MR) is 101 cm³/mol. The Morgan fingerprint density at radius 2 is 2.04 bits per heavy atom. The van der Waals surface area contributed by atoms with Gasteiger partial charge in [-0.3, -0.25) is 9.69 Å². The molecule has 0 aliphatic carbocycles. The molecule has 1 aliphatic heterocycles. The van der Waals surface area contributed by atoms with Crippen LogP contribution in [0.3, 0.4) is 0 Å². The Morgan fingerprint density at radius 1 is 1.27 bits per heavy atom. The number of carbonyl (C=O) groups excluding carboxylic acids is 1. The highest BCUT2D eigenvalue weighted by Crippen LogP contribution is 2.13. The summed E-state index contributed by atoms with van der Waals surface area (Å²) in [6.07, 6.45) is 4.68. The summed E-state index contributed by atoms with van der Waals surface area (Å²) in [5, 5.41) is 4.26. The zero-order valence-corrected chi connectivity index (χ0v) is 15.8. The summed E-state index contributed by atoms with van der Waals surface area (Å²) >= 11 is 0. The molecule has 1 saturated heterocycles. The Labute approximate surface area is 155 Å². The summed E-state index contributed by atoms with van der Waals surface area (Å²) in [6, 6.07) is 10.0. The van der Waals surface area contributed by atoms with Gasteiger partial charge < -0.3 is 9.64 Å². The Hall–Kier alpha value is -2.18. The molecule has 26 heavy (non-hydrogen) atoms. The fourth-order valence-corrected chi connectivity index (χ4v) is 3.49. The number of aromatic nitrogens is 2. The average molecular weight is 356 g/mol. The summed E-state index contributed by atoms with van der Waals surface area (Å²) in [5.74, 6) is 0.168. The molecule has 6 nitrogen and oxygen atoms in total. The van der Waals surface area contributed by atoms with E-state index >= 15 is 0 Å². The predicted octanol–water partition coefficient (Wildman–Crippen LogP) is 2.33. The van der Waals surface area contributed by atoms with Crippen molar-refractivity contribution in [2.45, 2.75) is 39.0 Å². The third-order valence-electron chi connectivity index (χ3n) is 4.66. The summed E-state index contributed by atoms with van der Waals surface area (Å²) < 4.78 is 7.57. The zero-order chi connectivity index (χ0) is 18.5. The van der Waals surface area contributed by atoms with Gasteiger partial charge in [0, 0.05) is 52.0 Å². The lowest BCUT2D eigenvalue weighted by molar-refractivity contribution is -0.131. The fraction of sp³-hybridized carbons (Fsp3) is 0.500. The van der Waals surface area contributed by atoms with Gasteiger partial charge in [-0.2, -0.15) is 5.10 Å². The average Bonchev–Trinajstić information content (AvgIpc) is 3.13. The van der Waals surface area contributed by atoms with Crippen molar-refractivity contribution in [2.24, 2.45) is 0 Å². The Kier molecular flexibility index (Phi) is 6.06. The molecule has 140 valence electrons. The standard InChI is InChI=1S/C20H28N4O2/c1-16-13-23(14-17(2)26-16)11-8-20(25)22(3)15-18-6-4-7-19(12-18)24-10-5-9-21-24/h4-7,9-10,12,16-17H,8,11,13-15H2,1-3H3/t16-,17+. The number of hydrogen-bond donors (Lipinski definition) is 0. The number of benzene rings is 1. The molecule has 1 aromatic carbocycles. The number of carbonyl (C=O) groups is 1. The van der Waals surface area contributed by atoms with E-state index in [0.717, 1.165) is 30.9 Å². The highest BCUT2D eigenvalue weighted by atomic mass is 16.5. The van der Waals surface area contributed by atoms with E-state index in [-0.39, 0.29) is 18.1 Å². The van der Waals surface area contributed by atoms with Crippen molar-refractivity contribution in [1.29, 1.82) is 0 Å². The number of morpholine rings is 1. The van der Waals surface area contributed by atoms with Crippen molar-refractivity contribution in [3.05, 3.63) is 48.3 Å². The second-order valence-corrected chi connectivity index (χ2v) is 7.14. The molecular formula is C20H28N4O2. The quantitative estimate of drug-likeness (QED) is 0.797. The molecule has 6 heteroatoms. The van der Waals surface area contributed by atoms with Crippen molar-refractivity contribution in [1.82, 2.24) is 19.6 Å². The number of nitrogens with zero attached hydrogens (tertiary/aromatic N) is 4. The largest absolute Gasteiger partial charge is 0.373 e. The van der Waals surface area contributed by atoms with Gasteiger partial charge in [-0.05, 0) is 37.6 Å². The molecule has 0 radical (unpaired) electrons. The molecule has 0 bridgehead atoms. The fourth-order valence-electron chi connectivity index (χ4n) is 3.49. The van der Waals surface area contributed by atoms with E-state index in [1.165, 1.54) is 0 Å². The molecule has 2 aromatic rings. The van der Waals surface area contributed by atoms with Gasteiger partial charge in [-0.25, -0.2) is 4.68 Å². The maximum Gasteiger partial charge on any atom is 0.223 e. The highest BCUT2D eigenvalue weighted by molar-refractivity contribution is 5.76. The maximum atomic E-state index is 12.5. The third kappa shape index (κ3) is 4.93. The molecule has 1 amide bonds. The van der Waals surface area contributed by atoms with Crippen LogP contribution in [0.5, 0.6) is 0 Å². The van der Waals surface area contributed by atoms with Crippen molar-refractivity contribution in [2.75, 3.05) is 26.7 Å². The van der Waals surface area contributed by atoms with Gasteiger partial charge in [0.1, 0.15) is 0 Å². The Morgan fingerprint density at radius 3 is 2.73 bits per heavy atom. The molecular weight excluding hydrogens is 328 g/mol. The minimum atomic E-state index is 0.168. The Bertz CT molecular complexity index is 706. The molecule has 2 heterocycles. The second-order valence-electron chi connectivity index (χ2n) is 7.14. The first-order valence-electron chi connectivity index (χ1n) is 9.22. The van der Waals surface area contributed by atoms with Gasteiger partial charge in [0.05, 0.1) is 17.9 Å². The van der Waals surface area contributed by atoms with E-state index in [1.54, 1.807) is 11.1 Å². The SMILES string of the molecule is C[C@@H]1CN(CCC(=O)N(C)Cc2cccc(-n3cccn3)c2)C[C@H](C)O1. The number of hydrogen-bond acceptors (Lipinski definition) is 4. The molecule has 1 fully saturated rings. The van der Waals surface area contributed by atoms with Crippen LogP contribution in [-0.2, 0) is 16.1 Å². The van der Waals surface area contributed by atoms with Gasteiger partial charge in [-0.15, -0.1) is 0 Å². The number of rotatable bonds is 6. The second kappa shape index (κ2) is 8.47. The summed E-state index contributed by atoms with van der Waals surface area (Å²) in [5.41, 5.74) is 2.10. The molecule has 0 spiro atoms. The van der Waals surface area contributed by atoms with E-state index < -0.39 is 0 Å². The summed E-state index contributed by atoms with van der Waals surface area (Å²) in [4.78, 5) is 16.6. The molecule has 2 atom stereocenters. The lowest BCUT2D eigenvalue weighted by Crippen LogP contribution is -2.46. The summed E-state index contributed by atoms with van der Waals surface area (Å²) in [6.45, 7) is 7.35. The van der Waals surface area contributed by atoms with Gasteiger partial charge >= 0.3 is 0 Å². The minimum absolute atomic E-state index is 0.168. The minimum Gasteiger partial charge on any atom is -0.373 e. The van der Waals surface area contributed by atoms with E-state index in [9.17, 15) is 4.79 Å². The lowest BCUT2D eigenvalue weighted by atomic mass is 10.2. The number of amides is 1. The van der Waals surface area contributed by atoms with Crippen molar-refractivity contribution in [3.63, 3.8) is 0 Å². The van der Waals surface area contributed by atoms with Gasteiger partial charge in [0.15, 0.2) is 0 Å². The normalized spacial score (nSPS) is 20.9. The van der Waals surface area contributed by atoms with Crippen LogP contribution in [0.4, 0.5) is 0 Å². The van der Waals surface area contributed by atoms with Gasteiger partial charge in [-0.1, -0.05) is 12.1 Å². The monoisotopic (exact) mass is 356 g/mol. The lowest BCUT2D eigenvalue weighted by Gasteiger charge is -2.35.